The Kier molecular flexibility index (Phi) is 2.45. The van der Waals surface area contributed by atoms with Crippen molar-refractivity contribution < 1.29 is 9.90 Å². The Morgan fingerprint density at radius 1 is 1.28 bits per heavy atom. The third kappa shape index (κ3) is 1.70. The first-order valence-electron chi connectivity index (χ1n) is 5.80. The summed E-state index contributed by atoms with van der Waals surface area (Å²) < 4.78 is 0. The Balaban J connectivity index is 1.99. The minimum atomic E-state index is -0.261. The first kappa shape index (κ1) is 11.0. The zero-order chi connectivity index (χ0) is 12.7. The van der Waals surface area contributed by atoms with Crippen molar-refractivity contribution in [2.45, 2.75) is 6.42 Å². The average Bonchev–Trinajstić information content (AvgIpc) is 2.89. The van der Waals surface area contributed by atoms with Crippen LogP contribution in [0.5, 0.6) is 0 Å². The van der Waals surface area contributed by atoms with Crippen LogP contribution in [0.25, 0.3) is 11.0 Å². The molecule has 0 aliphatic carbocycles. The summed E-state index contributed by atoms with van der Waals surface area (Å²) in [5.41, 5.74) is 1.88. The van der Waals surface area contributed by atoms with E-state index in [4.69, 9.17) is 5.11 Å². The van der Waals surface area contributed by atoms with E-state index in [0.29, 0.717) is 24.0 Å². The fraction of sp³-hybridized carbons (Fsp3) is 0.333. The number of imidazole rings is 1. The SMILES string of the molecule is O=C1CC(CO)CN1c1ccc2[nH]c(=O)[nH]c2c1. The molecule has 1 aromatic heterocycles. The summed E-state index contributed by atoms with van der Waals surface area (Å²) in [7, 11) is 0. The van der Waals surface area contributed by atoms with Crippen molar-refractivity contribution in [1.29, 1.82) is 0 Å². The molecule has 1 atom stereocenters. The molecular weight excluding hydrogens is 234 g/mol. The highest BCUT2D eigenvalue weighted by Crippen LogP contribution is 2.26. The van der Waals surface area contributed by atoms with Gasteiger partial charge in [0.25, 0.3) is 0 Å². The van der Waals surface area contributed by atoms with Gasteiger partial charge in [-0.2, -0.15) is 0 Å². The summed E-state index contributed by atoms with van der Waals surface area (Å²) in [5.74, 6) is 0.00440. The van der Waals surface area contributed by atoms with Gasteiger partial charge < -0.3 is 20.0 Å². The fourth-order valence-corrected chi connectivity index (χ4v) is 2.34. The van der Waals surface area contributed by atoms with Crippen molar-refractivity contribution in [2.24, 2.45) is 5.92 Å². The van der Waals surface area contributed by atoms with Crippen molar-refractivity contribution in [3.63, 3.8) is 0 Å². The van der Waals surface area contributed by atoms with E-state index >= 15 is 0 Å². The van der Waals surface area contributed by atoms with E-state index in [1.807, 2.05) is 0 Å². The van der Waals surface area contributed by atoms with Crippen LogP contribution < -0.4 is 10.6 Å². The minimum absolute atomic E-state index is 0.00142. The van der Waals surface area contributed by atoms with E-state index in [-0.39, 0.29) is 24.1 Å². The summed E-state index contributed by atoms with van der Waals surface area (Å²) in [6, 6.07) is 5.33. The highest BCUT2D eigenvalue weighted by atomic mass is 16.3. The van der Waals surface area contributed by atoms with Gasteiger partial charge in [-0.25, -0.2) is 4.79 Å². The van der Waals surface area contributed by atoms with Crippen molar-refractivity contribution in [3.05, 3.63) is 28.7 Å². The molecule has 6 nitrogen and oxygen atoms in total. The van der Waals surface area contributed by atoms with Crippen LogP contribution in [0.4, 0.5) is 5.69 Å². The second kappa shape index (κ2) is 3.99. The third-order valence-corrected chi connectivity index (χ3v) is 3.27. The lowest BCUT2D eigenvalue weighted by atomic mass is 10.1. The molecule has 0 saturated carbocycles. The topological polar surface area (TPSA) is 89.2 Å². The van der Waals surface area contributed by atoms with Gasteiger partial charge in [0.1, 0.15) is 0 Å². The number of rotatable bonds is 2. The summed E-state index contributed by atoms with van der Waals surface area (Å²) in [4.78, 5) is 29.9. The molecule has 1 amide bonds. The van der Waals surface area contributed by atoms with E-state index in [0.717, 1.165) is 5.69 Å². The molecule has 0 radical (unpaired) electrons. The number of nitrogens with zero attached hydrogens (tertiary/aromatic N) is 1. The molecule has 1 aliphatic rings. The molecule has 0 bridgehead atoms. The molecule has 0 spiro atoms. The molecule has 6 heteroatoms. The molecule has 94 valence electrons. The Morgan fingerprint density at radius 2 is 2.06 bits per heavy atom. The van der Waals surface area contributed by atoms with Gasteiger partial charge in [-0.3, -0.25) is 4.79 Å². The summed E-state index contributed by atoms with van der Waals surface area (Å²) in [5, 5.41) is 9.09. The number of hydrogen-bond donors (Lipinski definition) is 3. The third-order valence-electron chi connectivity index (χ3n) is 3.27. The molecule has 1 aliphatic heterocycles. The molecule has 18 heavy (non-hydrogen) atoms. The first-order chi connectivity index (χ1) is 8.67. The minimum Gasteiger partial charge on any atom is -0.396 e. The number of amides is 1. The highest BCUT2D eigenvalue weighted by Gasteiger charge is 2.30. The monoisotopic (exact) mass is 247 g/mol. The predicted octanol–water partition coefficient (Wildman–Crippen LogP) is 0.201. The van der Waals surface area contributed by atoms with Gasteiger partial charge in [-0.05, 0) is 18.2 Å². The maximum absolute atomic E-state index is 11.8. The number of carbonyl (C=O) groups excluding carboxylic acids is 1. The molecule has 1 fully saturated rings. The standard InChI is InChI=1S/C12H13N3O3/c16-6-7-3-11(17)15(5-7)8-1-2-9-10(4-8)14-12(18)13-9/h1-2,4,7,16H,3,5-6H2,(H2,13,14,18). The van der Waals surface area contributed by atoms with Gasteiger partial charge in [-0.1, -0.05) is 0 Å². The largest absolute Gasteiger partial charge is 0.396 e. The summed E-state index contributed by atoms with van der Waals surface area (Å²) >= 11 is 0. The number of aliphatic hydroxyl groups is 1. The van der Waals surface area contributed by atoms with Crippen LogP contribution >= 0.6 is 0 Å². The van der Waals surface area contributed by atoms with Gasteiger partial charge in [0.15, 0.2) is 0 Å². The van der Waals surface area contributed by atoms with E-state index in [2.05, 4.69) is 9.97 Å². The smallest absolute Gasteiger partial charge is 0.323 e. The Bertz CT molecular complexity index is 658. The zero-order valence-electron chi connectivity index (χ0n) is 9.64. The van der Waals surface area contributed by atoms with Crippen LogP contribution in [0.15, 0.2) is 23.0 Å². The number of aromatic amines is 2. The Hall–Kier alpha value is -2.08. The fourth-order valence-electron chi connectivity index (χ4n) is 2.34. The van der Waals surface area contributed by atoms with Gasteiger partial charge in [0.2, 0.25) is 5.91 Å². The quantitative estimate of drug-likeness (QED) is 0.708. The van der Waals surface area contributed by atoms with Crippen LogP contribution in [0, 0.1) is 5.92 Å². The van der Waals surface area contributed by atoms with E-state index in [9.17, 15) is 9.59 Å². The summed E-state index contributed by atoms with van der Waals surface area (Å²) in [6.07, 6.45) is 0.373. The van der Waals surface area contributed by atoms with E-state index in [1.165, 1.54) is 0 Å². The number of carbonyl (C=O) groups is 1. The lowest BCUT2D eigenvalue weighted by Gasteiger charge is -2.16. The van der Waals surface area contributed by atoms with Gasteiger partial charge in [0.05, 0.1) is 11.0 Å². The van der Waals surface area contributed by atoms with Crippen LogP contribution in [-0.2, 0) is 4.79 Å². The number of nitrogens with one attached hydrogen (secondary N) is 2. The van der Waals surface area contributed by atoms with Crippen LogP contribution in [0.1, 0.15) is 6.42 Å². The highest BCUT2D eigenvalue weighted by molar-refractivity contribution is 5.97. The first-order valence-corrected chi connectivity index (χ1v) is 5.80. The van der Waals surface area contributed by atoms with Crippen molar-refractivity contribution >= 4 is 22.6 Å². The number of fused-ring (bicyclic) bond motifs is 1. The lowest BCUT2D eigenvalue weighted by Crippen LogP contribution is -2.24. The average molecular weight is 247 g/mol. The van der Waals surface area contributed by atoms with Crippen molar-refractivity contribution in [1.82, 2.24) is 9.97 Å². The lowest BCUT2D eigenvalue weighted by molar-refractivity contribution is -0.117. The maximum Gasteiger partial charge on any atom is 0.323 e. The molecule has 2 aromatic rings. The molecule has 1 unspecified atom stereocenters. The summed E-state index contributed by atoms with van der Waals surface area (Å²) in [6.45, 7) is 0.543. The molecule has 3 N–H and O–H groups in total. The number of aromatic nitrogens is 2. The van der Waals surface area contributed by atoms with Gasteiger partial charge >= 0.3 is 5.69 Å². The van der Waals surface area contributed by atoms with Crippen LogP contribution in [0.3, 0.4) is 0 Å². The van der Waals surface area contributed by atoms with Gasteiger partial charge in [0, 0.05) is 31.2 Å². The normalized spacial score (nSPS) is 19.9. The van der Waals surface area contributed by atoms with E-state index < -0.39 is 0 Å². The number of aliphatic hydroxyl groups excluding tert-OH is 1. The number of hydrogen-bond acceptors (Lipinski definition) is 3. The van der Waals surface area contributed by atoms with Gasteiger partial charge in [-0.15, -0.1) is 0 Å². The molecule has 1 saturated heterocycles. The second-order valence-electron chi connectivity index (χ2n) is 4.57. The zero-order valence-corrected chi connectivity index (χ0v) is 9.64. The maximum atomic E-state index is 11.8. The van der Waals surface area contributed by atoms with Crippen molar-refractivity contribution in [3.8, 4) is 0 Å². The number of anilines is 1. The van der Waals surface area contributed by atoms with Crippen LogP contribution in [-0.4, -0.2) is 34.1 Å². The van der Waals surface area contributed by atoms with Crippen LogP contribution in [0.2, 0.25) is 0 Å². The molecule has 2 heterocycles. The Labute approximate surface area is 102 Å². The number of benzene rings is 1. The second-order valence-corrected chi connectivity index (χ2v) is 4.57. The predicted molar refractivity (Wildman–Crippen MR) is 66.5 cm³/mol. The molecule has 3 rings (SSSR count). The molecule has 1 aromatic carbocycles. The Morgan fingerprint density at radius 3 is 2.78 bits per heavy atom. The molecular formula is C12H13N3O3. The number of H-pyrrole nitrogens is 2. The van der Waals surface area contributed by atoms with E-state index in [1.54, 1.807) is 23.1 Å². The van der Waals surface area contributed by atoms with Crippen molar-refractivity contribution in [2.75, 3.05) is 18.1 Å².